The van der Waals surface area contributed by atoms with Gasteiger partial charge in [-0.15, -0.1) is 0 Å². The molecule has 0 aromatic heterocycles. The number of aliphatic hydroxyl groups excluding tert-OH is 1. The van der Waals surface area contributed by atoms with Gasteiger partial charge in [-0.05, 0) is 24.7 Å². The Hall–Kier alpha value is -0.570. The lowest BCUT2D eigenvalue weighted by molar-refractivity contribution is -0.147. The second-order valence-electron chi connectivity index (χ2n) is 3.06. The molecule has 58 valence electrons. The first-order valence-corrected chi connectivity index (χ1v) is 3.52. The van der Waals surface area contributed by atoms with Crippen LogP contribution in [0.3, 0.4) is 0 Å². The van der Waals surface area contributed by atoms with E-state index in [2.05, 4.69) is 6.92 Å². The second-order valence-corrected chi connectivity index (χ2v) is 3.06. The molecular weight excluding hydrogens is 132 g/mol. The van der Waals surface area contributed by atoms with Gasteiger partial charge in [-0.25, -0.2) is 4.79 Å². The van der Waals surface area contributed by atoms with Gasteiger partial charge in [0.1, 0.15) is 0 Å². The zero-order valence-electron chi connectivity index (χ0n) is 5.95. The van der Waals surface area contributed by atoms with Gasteiger partial charge in [0.05, 0.1) is 0 Å². The molecule has 0 heterocycles. The van der Waals surface area contributed by atoms with Crippen LogP contribution in [-0.2, 0) is 4.79 Å². The number of carbonyl (C=O) groups is 1. The Morgan fingerprint density at radius 1 is 1.80 bits per heavy atom. The summed E-state index contributed by atoms with van der Waals surface area (Å²) in [5, 5.41) is 17.2. The van der Waals surface area contributed by atoms with Gasteiger partial charge in [-0.3, -0.25) is 0 Å². The normalized spacial score (nSPS) is 33.4. The molecule has 1 fully saturated rings. The highest BCUT2D eigenvalue weighted by Gasteiger charge is 2.35. The molecule has 1 rings (SSSR count). The third-order valence-electron chi connectivity index (χ3n) is 2.09. The van der Waals surface area contributed by atoms with Crippen molar-refractivity contribution < 1.29 is 15.0 Å². The first-order chi connectivity index (χ1) is 4.61. The Morgan fingerprint density at radius 2 is 2.30 bits per heavy atom. The van der Waals surface area contributed by atoms with Crippen LogP contribution in [0.25, 0.3) is 0 Å². The number of aliphatic hydroxyl groups is 1. The van der Waals surface area contributed by atoms with Crippen LogP contribution in [0.5, 0.6) is 0 Å². The van der Waals surface area contributed by atoms with Crippen molar-refractivity contribution >= 4 is 5.97 Å². The lowest BCUT2D eigenvalue weighted by Crippen LogP contribution is -2.19. The molecule has 3 nitrogen and oxygen atoms in total. The number of rotatable bonds is 3. The van der Waals surface area contributed by atoms with Crippen molar-refractivity contribution in [2.75, 3.05) is 0 Å². The van der Waals surface area contributed by atoms with Gasteiger partial charge in [0.15, 0.2) is 6.10 Å². The van der Waals surface area contributed by atoms with E-state index in [4.69, 9.17) is 10.2 Å². The molecule has 1 saturated carbocycles. The molecule has 0 amide bonds. The van der Waals surface area contributed by atoms with E-state index in [1.807, 2.05) is 0 Å². The summed E-state index contributed by atoms with van der Waals surface area (Å²) >= 11 is 0. The minimum Gasteiger partial charge on any atom is -0.479 e. The molecule has 2 N–H and O–H groups in total. The minimum absolute atomic E-state index is 0.427. The summed E-state index contributed by atoms with van der Waals surface area (Å²) in [6.45, 7) is 2.07. The van der Waals surface area contributed by atoms with E-state index in [1.54, 1.807) is 0 Å². The molecule has 1 aliphatic rings. The van der Waals surface area contributed by atoms with Crippen LogP contribution in [-0.4, -0.2) is 22.3 Å². The number of carboxylic acid groups (broad SMARTS) is 1. The highest BCUT2D eigenvalue weighted by atomic mass is 16.4. The predicted octanol–water partition coefficient (Wildman–Crippen LogP) is 0.478. The van der Waals surface area contributed by atoms with Crippen molar-refractivity contribution in [2.24, 2.45) is 11.8 Å². The molecule has 0 aromatic carbocycles. The monoisotopic (exact) mass is 144 g/mol. The Morgan fingerprint density at radius 3 is 2.60 bits per heavy atom. The molecule has 0 bridgehead atoms. The van der Waals surface area contributed by atoms with E-state index in [-0.39, 0.29) is 0 Å². The second kappa shape index (κ2) is 2.58. The molecule has 3 unspecified atom stereocenters. The molecular formula is C7H12O3. The van der Waals surface area contributed by atoms with Gasteiger partial charge < -0.3 is 10.2 Å². The fourth-order valence-corrected chi connectivity index (χ4v) is 1.12. The third kappa shape index (κ3) is 1.70. The lowest BCUT2D eigenvalue weighted by Gasteiger charge is -2.01. The summed E-state index contributed by atoms with van der Waals surface area (Å²) in [6, 6.07) is 0. The average Bonchev–Trinajstić information content (AvgIpc) is 2.46. The van der Waals surface area contributed by atoms with E-state index in [0.29, 0.717) is 18.3 Å². The van der Waals surface area contributed by atoms with Crippen LogP contribution in [0.15, 0.2) is 0 Å². The van der Waals surface area contributed by atoms with Gasteiger partial charge >= 0.3 is 5.97 Å². The van der Waals surface area contributed by atoms with Crippen LogP contribution in [0.1, 0.15) is 19.8 Å². The van der Waals surface area contributed by atoms with Gasteiger partial charge in [-0.1, -0.05) is 6.92 Å². The standard InChI is InChI=1S/C7H12O3/c1-4-2-5(4)3-6(8)7(9)10/h4-6,8H,2-3H2,1H3,(H,9,10). The summed E-state index contributed by atoms with van der Waals surface area (Å²) < 4.78 is 0. The third-order valence-corrected chi connectivity index (χ3v) is 2.09. The molecule has 3 atom stereocenters. The number of carboxylic acids is 1. The molecule has 0 saturated heterocycles. The number of aliphatic carboxylic acids is 1. The largest absolute Gasteiger partial charge is 0.479 e. The zero-order chi connectivity index (χ0) is 7.72. The average molecular weight is 144 g/mol. The highest BCUT2D eigenvalue weighted by molar-refractivity contribution is 5.71. The SMILES string of the molecule is CC1CC1CC(O)C(=O)O. The summed E-state index contributed by atoms with van der Waals surface area (Å²) in [5.74, 6) is -0.0285. The van der Waals surface area contributed by atoms with Gasteiger partial charge in [-0.2, -0.15) is 0 Å². The Bertz CT molecular complexity index is 144. The van der Waals surface area contributed by atoms with Crippen LogP contribution in [0.2, 0.25) is 0 Å². The smallest absolute Gasteiger partial charge is 0.332 e. The molecule has 1 aliphatic carbocycles. The van der Waals surface area contributed by atoms with Crippen molar-refractivity contribution in [2.45, 2.75) is 25.9 Å². The first kappa shape index (κ1) is 7.54. The Balaban J connectivity index is 2.19. The molecule has 3 heteroatoms. The van der Waals surface area contributed by atoms with Gasteiger partial charge in [0.2, 0.25) is 0 Å². The topological polar surface area (TPSA) is 57.5 Å². The molecule has 0 spiro atoms. The highest BCUT2D eigenvalue weighted by Crippen LogP contribution is 2.41. The summed E-state index contributed by atoms with van der Waals surface area (Å²) in [7, 11) is 0. The maximum absolute atomic E-state index is 10.1. The molecule has 0 aliphatic heterocycles. The first-order valence-electron chi connectivity index (χ1n) is 3.52. The summed E-state index contributed by atoms with van der Waals surface area (Å²) in [4.78, 5) is 10.1. The van der Waals surface area contributed by atoms with Crippen molar-refractivity contribution in [1.82, 2.24) is 0 Å². The van der Waals surface area contributed by atoms with Crippen molar-refractivity contribution in [3.05, 3.63) is 0 Å². The Kier molecular flexibility index (Phi) is 1.94. The van der Waals surface area contributed by atoms with Crippen LogP contribution in [0.4, 0.5) is 0 Å². The number of hydrogen-bond donors (Lipinski definition) is 2. The zero-order valence-corrected chi connectivity index (χ0v) is 5.95. The maximum Gasteiger partial charge on any atom is 0.332 e. The van der Waals surface area contributed by atoms with Gasteiger partial charge in [0.25, 0.3) is 0 Å². The van der Waals surface area contributed by atoms with E-state index >= 15 is 0 Å². The van der Waals surface area contributed by atoms with Crippen LogP contribution in [0, 0.1) is 11.8 Å². The van der Waals surface area contributed by atoms with Crippen molar-refractivity contribution in [3.8, 4) is 0 Å². The van der Waals surface area contributed by atoms with Gasteiger partial charge in [0, 0.05) is 0 Å². The van der Waals surface area contributed by atoms with E-state index in [1.165, 1.54) is 0 Å². The predicted molar refractivity (Wildman–Crippen MR) is 35.5 cm³/mol. The van der Waals surface area contributed by atoms with Crippen LogP contribution < -0.4 is 0 Å². The Labute approximate surface area is 59.7 Å². The van der Waals surface area contributed by atoms with Crippen LogP contribution >= 0.6 is 0 Å². The fourth-order valence-electron chi connectivity index (χ4n) is 1.12. The summed E-state index contributed by atoms with van der Waals surface area (Å²) in [6.07, 6.45) is 0.357. The van der Waals surface area contributed by atoms with E-state index in [9.17, 15) is 4.79 Å². The number of hydrogen-bond acceptors (Lipinski definition) is 2. The molecule has 10 heavy (non-hydrogen) atoms. The maximum atomic E-state index is 10.1. The fraction of sp³-hybridized carbons (Fsp3) is 0.857. The van der Waals surface area contributed by atoms with Crippen molar-refractivity contribution in [3.63, 3.8) is 0 Å². The minimum atomic E-state index is -1.14. The lowest BCUT2D eigenvalue weighted by atomic mass is 10.1. The van der Waals surface area contributed by atoms with Crippen molar-refractivity contribution in [1.29, 1.82) is 0 Å². The molecule has 0 aromatic rings. The molecule has 0 radical (unpaired) electrons. The summed E-state index contributed by atoms with van der Waals surface area (Å²) in [5.41, 5.74) is 0. The quantitative estimate of drug-likeness (QED) is 0.605. The van der Waals surface area contributed by atoms with E-state index < -0.39 is 12.1 Å². The van der Waals surface area contributed by atoms with E-state index in [0.717, 1.165) is 6.42 Å².